The van der Waals surface area contributed by atoms with Crippen LogP contribution in [0, 0.1) is 0 Å². The molecular formula is C6H9O4P. The van der Waals surface area contributed by atoms with Gasteiger partial charge in [0.25, 0.3) is 0 Å². The van der Waals surface area contributed by atoms with E-state index in [1.165, 1.54) is 0 Å². The van der Waals surface area contributed by atoms with Gasteiger partial charge < -0.3 is 14.9 Å². The highest BCUT2D eigenvalue weighted by Gasteiger charge is 1.74. The molecule has 0 aromatic heterocycles. The minimum absolute atomic E-state index is 0.322. The number of hydrogen-bond donors (Lipinski definition) is 3. The van der Waals surface area contributed by atoms with Crippen molar-refractivity contribution >= 4 is 8.25 Å². The molecule has 0 saturated carbocycles. The molecule has 1 aromatic carbocycles. The Kier molecular flexibility index (Phi) is 5.47. The largest absolute Gasteiger partial charge is 0.508 e. The first kappa shape index (κ1) is 10.2. The molecular weight excluding hydrogens is 167 g/mol. The summed E-state index contributed by atoms with van der Waals surface area (Å²) in [6, 6.07) is 8.71. The molecule has 0 saturated heterocycles. The van der Waals surface area contributed by atoms with E-state index in [-0.39, 0.29) is 0 Å². The number of benzene rings is 1. The average Bonchev–Trinajstić information content (AvgIpc) is 1.87. The molecule has 0 aliphatic rings. The molecule has 62 valence electrons. The third-order valence-electron chi connectivity index (χ3n) is 0.756. The molecule has 1 rings (SSSR count). The topological polar surface area (TPSA) is 77.8 Å². The van der Waals surface area contributed by atoms with Gasteiger partial charge in [0.15, 0.2) is 0 Å². The van der Waals surface area contributed by atoms with E-state index in [0.717, 1.165) is 0 Å². The van der Waals surface area contributed by atoms with Crippen molar-refractivity contribution in [2.45, 2.75) is 0 Å². The lowest BCUT2D eigenvalue weighted by atomic mass is 10.3. The van der Waals surface area contributed by atoms with Crippen molar-refractivity contribution in [2.24, 2.45) is 0 Å². The number of hydrogen-bond acceptors (Lipinski definition) is 2. The summed E-state index contributed by atoms with van der Waals surface area (Å²) in [6.45, 7) is 0. The van der Waals surface area contributed by atoms with Crippen molar-refractivity contribution in [1.82, 2.24) is 0 Å². The molecule has 0 spiro atoms. The fourth-order valence-corrected chi connectivity index (χ4v) is 0.428. The molecule has 4 nitrogen and oxygen atoms in total. The van der Waals surface area contributed by atoms with Crippen LogP contribution in [-0.4, -0.2) is 14.9 Å². The van der Waals surface area contributed by atoms with Gasteiger partial charge in [-0.15, -0.1) is 0 Å². The van der Waals surface area contributed by atoms with Crippen LogP contribution < -0.4 is 0 Å². The fraction of sp³-hybridized carbons (Fsp3) is 0. The molecule has 0 aliphatic heterocycles. The molecule has 11 heavy (non-hydrogen) atoms. The second-order valence-corrected chi connectivity index (χ2v) is 2.18. The maximum atomic E-state index is 8.74. The number of phenols is 1. The second-order valence-electron chi connectivity index (χ2n) is 1.62. The quantitative estimate of drug-likeness (QED) is 0.510. The Bertz CT molecular complexity index is 207. The van der Waals surface area contributed by atoms with E-state index in [0.29, 0.717) is 5.75 Å². The lowest BCUT2D eigenvalue weighted by molar-refractivity contribution is 0.405. The molecule has 0 radical (unpaired) electrons. The zero-order valence-corrected chi connectivity index (χ0v) is 6.64. The van der Waals surface area contributed by atoms with Gasteiger partial charge >= 0.3 is 8.25 Å². The van der Waals surface area contributed by atoms with E-state index in [2.05, 4.69) is 0 Å². The minimum atomic E-state index is -3.13. The van der Waals surface area contributed by atoms with E-state index in [9.17, 15) is 0 Å². The first-order chi connectivity index (χ1) is 5.13. The van der Waals surface area contributed by atoms with Crippen LogP contribution in [0.15, 0.2) is 30.3 Å². The van der Waals surface area contributed by atoms with Crippen LogP contribution in [0.2, 0.25) is 0 Å². The first-order valence-corrected chi connectivity index (χ1v) is 4.09. The zero-order chi connectivity index (χ0) is 8.69. The van der Waals surface area contributed by atoms with E-state index in [1.54, 1.807) is 24.3 Å². The molecule has 0 bridgehead atoms. The molecule has 0 amide bonds. The van der Waals surface area contributed by atoms with Crippen molar-refractivity contribution in [2.75, 3.05) is 0 Å². The van der Waals surface area contributed by atoms with Crippen LogP contribution >= 0.6 is 8.25 Å². The van der Waals surface area contributed by atoms with Crippen molar-refractivity contribution in [3.8, 4) is 5.75 Å². The van der Waals surface area contributed by atoms with Gasteiger partial charge in [-0.05, 0) is 12.1 Å². The minimum Gasteiger partial charge on any atom is -0.508 e. The molecule has 0 unspecified atom stereocenters. The monoisotopic (exact) mass is 176 g/mol. The zero-order valence-electron chi connectivity index (χ0n) is 5.64. The highest BCUT2D eigenvalue weighted by molar-refractivity contribution is 7.30. The van der Waals surface area contributed by atoms with Crippen molar-refractivity contribution in [1.29, 1.82) is 0 Å². The molecule has 0 atom stereocenters. The summed E-state index contributed by atoms with van der Waals surface area (Å²) in [4.78, 5) is 14.3. The summed E-state index contributed by atoms with van der Waals surface area (Å²) in [5, 5.41) is 8.63. The Morgan fingerprint density at radius 1 is 1.09 bits per heavy atom. The number of aromatic hydroxyl groups is 1. The van der Waals surface area contributed by atoms with Crippen LogP contribution in [0.4, 0.5) is 0 Å². The lowest BCUT2D eigenvalue weighted by Crippen LogP contribution is -1.56. The Balaban J connectivity index is 0.000000218. The summed E-state index contributed by atoms with van der Waals surface area (Å²) in [5.41, 5.74) is 0. The summed E-state index contributed by atoms with van der Waals surface area (Å²) in [5.74, 6) is 0.322. The number of para-hydroxylation sites is 1. The van der Waals surface area contributed by atoms with Crippen LogP contribution in [-0.2, 0) is 4.57 Å². The number of phenolic OH excluding ortho intramolecular Hbond substituents is 1. The summed E-state index contributed by atoms with van der Waals surface area (Å²) in [6.07, 6.45) is 0. The van der Waals surface area contributed by atoms with E-state index in [1.807, 2.05) is 6.07 Å². The van der Waals surface area contributed by atoms with Crippen LogP contribution in [0.5, 0.6) is 5.75 Å². The fourth-order valence-electron chi connectivity index (χ4n) is 0.428. The molecule has 1 aromatic rings. The van der Waals surface area contributed by atoms with Gasteiger partial charge in [0.1, 0.15) is 5.75 Å². The standard InChI is InChI=1S/C6H6O.H3O3P/c7-6-4-2-1-3-5-6;1-4(2)3/h1-5,7H;4H,(H2,1,2,3). The van der Waals surface area contributed by atoms with Gasteiger partial charge in [-0.25, -0.2) is 0 Å². The average molecular weight is 176 g/mol. The predicted octanol–water partition coefficient (Wildman–Crippen LogP) is 0.753. The molecule has 3 N–H and O–H groups in total. The van der Waals surface area contributed by atoms with Crippen LogP contribution in [0.1, 0.15) is 0 Å². The highest BCUT2D eigenvalue weighted by Crippen LogP contribution is 2.02. The van der Waals surface area contributed by atoms with Crippen molar-refractivity contribution < 1.29 is 19.5 Å². The SMILES string of the molecule is O=[PH](O)O.Oc1ccccc1. The van der Waals surface area contributed by atoms with Crippen LogP contribution in [0.3, 0.4) is 0 Å². The lowest BCUT2D eigenvalue weighted by Gasteiger charge is -1.82. The smallest absolute Gasteiger partial charge is 0.314 e. The van der Waals surface area contributed by atoms with Gasteiger partial charge in [0.05, 0.1) is 0 Å². The Morgan fingerprint density at radius 2 is 1.45 bits per heavy atom. The van der Waals surface area contributed by atoms with E-state index < -0.39 is 8.25 Å². The Morgan fingerprint density at radius 3 is 1.64 bits per heavy atom. The third kappa shape index (κ3) is 9.17. The molecule has 0 fully saturated rings. The van der Waals surface area contributed by atoms with E-state index in [4.69, 9.17) is 19.5 Å². The maximum Gasteiger partial charge on any atom is 0.314 e. The van der Waals surface area contributed by atoms with Gasteiger partial charge in [0, 0.05) is 0 Å². The second kappa shape index (κ2) is 5.92. The van der Waals surface area contributed by atoms with Gasteiger partial charge in [-0.1, -0.05) is 18.2 Å². The van der Waals surface area contributed by atoms with Crippen LogP contribution in [0.25, 0.3) is 0 Å². The Labute approximate surface area is 64.7 Å². The first-order valence-electron chi connectivity index (χ1n) is 2.79. The van der Waals surface area contributed by atoms with Gasteiger partial charge in [0.2, 0.25) is 0 Å². The number of rotatable bonds is 0. The summed E-state index contributed by atoms with van der Waals surface area (Å²) in [7, 11) is -3.13. The molecule has 5 heteroatoms. The van der Waals surface area contributed by atoms with Gasteiger partial charge in [-0.2, -0.15) is 0 Å². The predicted molar refractivity (Wildman–Crippen MR) is 41.5 cm³/mol. The van der Waals surface area contributed by atoms with E-state index >= 15 is 0 Å². The van der Waals surface area contributed by atoms with Crippen molar-refractivity contribution in [3.63, 3.8) is 0 Å². The molecule has 0 aliphatic carbocycles. The maximum absolute atomic E-state index is 8.74. The molecule has 0 heterocycles. The Hall–Kier alpha value is -0.830. The summed E-state index contributed by atoms with van der Waals surface area (Å²) >= 11 is 0. The summed E-state index contributed by atoms with van der Waals surface area (Å²) < 4.78 is 8.74. The van der Waals surface area contributed by atoms with Crippen molar-refractivity contribution in [3.05, 3.63) is 30.3 Å². The normalized spacial score (nSPS) is 8.64. The van der Waals surface area contributed by atoms with Gasteiger partial charge in [-0.3, -0.25) is 4.57 Å². The third-order valence-corrected chi connectivity index (χ3v) is 0.756. The highest BCUT2D eigenvalue weighted by atomic mass is 31.1.